The normalized spacial score (nSPS) is 11.0. The molecule has 0 radical (unpaired) electrons. The van der Waals surface area contributed by atoms with Gasteiger partial charge in [-0.2, -0.15) is 4.98 Å². The Balaban J connectivity index is 1.61. The summed E-state index contributed by atoms with van der Waals surface area (Å²) in [5, 5.41) is 12.5. The number of rotatable bonds is 4. The Bertz CT molecular complexity index is 988. The van der Waals surface area contributed by atoms with E-state index in [4.69, 9.17) is 4.52 Å². The molecule has 0 amide bonds. The van der Waals surface area contributed by atoms with Crippen molar-refractivity contribution in [3.63, 3.8) is 0 Å². The van der Waals surface area contributed by atoms with Gasteiger partial charge in [-0.25, -0.2) is 4.68 Å². The molecule has 0 saturated carbocycles. The molecule has 0 aliphatic rings. The monoisotopic (exact) mass is 332 g/mol. The second-order valence-corrected chi connectivity index (χ2v) is 5.83. The highest BCUT2D eigenvalue weighted by atomic mass is 16.5. The summed E-state index contributed by atoms with van der Waals surface area (Å²) in [4.78, 5) is 8.41. The van der Waals surface area contributed by atoms with Crippen LogP contribution in [0.15, 0.2) is 53.3 Å². The molecule has 0 bridgehead atoms. The highest BCUT2D eigenvalue weighted by molar-refractivity contribution is 5.57. The summed E-state index contributed by atoms with van der Waals surface area (Å²) in [6, 6.07) is 12.0. The van der Waals surface area contributed by atoms with Crippen molar-refractivity contribution >= 4 is 0 Å². The number of nitrogens with zero attached hydrogens (tertiary/aromatic N) is 6. The van der Waals surface area contributed by atoms with Crippen molar-refractivity contribution in [2.45, 2.75) is 20.4 Å². The van der Waals surface area contributed by atoms with Gasteiger partial charge in [-0.15, -0.1) is 5.10 Å². The zero-order valence-corrected chi connectivity index (χ0v) is 13.9. The largest absolute Gasteiger partial charge is 0.334 e. The molecule has 0 atom stereocenters. The predicted octanol–water partition coefficient (Wildman–Crippen LogP) is 3.06. The van der Waals surface area contributed by atoms with E-state index in [0.717, 1.165) is 16.8 Å². The SMILES string of the molecule is Cc1ccc(Cn2nnc(-c3noc(-c4ccncc4)n3)c2C)cc1. The van der Waals surface area contributed by atoms with Crippen molar-refractivity contribution in [1.82, 2.24) is 30.1 Å². The fourth-order valence-electron chi connectivity index (χ4n) is 2.51. The van der Waals surface area contributed by atoms with Crippen LogP contribution in [0.5, 0.6) is 0 Å². The maximum absolute atomic E-state index is 5.33. The topological polar surface area (TPSA) is 82.5 Å². The van der Waals surface area contributed by atoms with E-state index >= 15 is 0 Å². The zero-order chi connectivity index (χ0) is 17.2. The number of aryl methyl sites for hydroxylation is 1. The van der Waals surface area contributed by atoms with Crippen molar-refractivity contribution < 1.29 is 4.52 Å². The highest BCUT2D eigenvalue weighted by Crippen LogP contribution is 2.22. The van der Waals surface area contributed by atoms with E-state index in [9.17, 15) is 0 Å². The summed E-state index contributed by atoms with van der Waals surface area (Å²) in [6.07, 6.45) is 3.37. The van der Waals surface area contributed by atoms with Crippen LogP contribution in [0.2, 0.25) is 0 Å². The quantitative estimate of drug-likeness (QED) is 0.571. The van der Waals surface area contributed by atoms with Crippen molar-refractivity contribution in [2.75, 3.05) is 0 Å². The fraction of sp³-hybridized carbons (Fsp3) is 0.167. The average Bonchev–Trinajstić information content (AvgIpc) is 3.25. The van der Waals surface area contributed by atoms with E-state index < -0.39 is 0 Å². The van der Waals surface area contributed by atoms with Crippen LogP contribution in [-0.4, -0.2) is 30.1 Å². The van der Waals surface area contributed by atoms with Gasteiger partial charge in [0.1, 0.15) is 0 Å². The minimum absolute atomic E-state index is 0.430. The first-order valence-electron chi connectivity index (χ1n) is 7.91. The van der Waals surface area contributed by atoms with E-state index in [1.54, 1.807) is 12.4 Å². The second kappa shape index (κ2) is 6.27. The van der Waals surface area contributed by atoms with Crippen LogP contribution in [0, 0.1) is 13.8 Å². The standard InChI is InChI=1S/C18H16N6O/c1-12-3-5-14(6-4-12)11-24-13(2)16(21-23-24)17-20-18(25-22-17)15-7-9-19-10-8-15/h3-10H,11H2,1-2H3. The third-order valence-corrected chi connectivity index (χ3v) is 4.00. The number of hydrogen-bond donors (Lipinski definition) is 0. The smallest absolute Gasteiger partial charge is 0.258 e. The van der Waals surface area contributed by atoms with Gasteiger partial charge in [0.2, 0.25) is 5.82 Å². The van der Waals surface area contributed by atoms with Crippen molar-refractivity contribution in [3.05, 3.63) is 65.6 Å². The Morgan fingerprint density at radius 2 is 1.76 bits per heavy atom. The molecule has 0 fully saturated rings. The van der Waals surface area contributed by atoms with Crippen LogP contribution in [0.3, 0.4) is 0 Å². The fourth-order valence-corrected chi connectivity index (χ4v) is 2.51. The van der Waals surface area contributed by atoms with Gasteiger partial charge in [0.25, 0.3) is 5.89 Å². The highest BCUT2D eigenvalue weighted by Gasteiger charge is 2.17. The van der Waals surface area contributed by atoms with Gasteiger partial charge in [0.05, 0.1) is 12.2 Å². The first-order valence-corrected chi connectivity index (χ1v) is 7.91. The zero-order valence-electron chi connectivity index (χ0n) is 13.9. The first-order chi connectivity index (χ1) is 12.2. The molecule has 7 heteroatoms. The molecule has 25 heavy (non-hydrogen) atoms. The predicted molar refractivity (Wildman–Crippen MR) is 91.6 cm³/mol. The van der Waals surface area contributed by atoms with Gasteiger partial charge in [-0.05, 0) is 31.5 Å². The molecule has 0 unspecified atom stereocenters. The Morgan fingerprint density at radius 1 is 1.00 bits per heavy atom. The lowest BCUT2D eigenvalue weighted by Gasteiger charge is -2.04. The average molecular weight is 332 g/mol. The Kier molecular flexibility index (Phi) is 3.81. The van der Waals surface area contributed by atoms with E-state index in [1.807, 2.05) is 23.7 Å². The van der Waals surface area contributed by atoms with E-state index in [0.29, 0.717) is 24.0 Å². The van der Waals surface area contributed by atoms with Crippen molar-refractivity contribution in [2.24, 2.45) is 0 Å². The number of aromatic nitrogens is 6. The van der Waals surface area contributed by atoms with Crippen molar-refractivity contribution in [3.8, 4) is 23.0 Å². The Morgan fingerprint density at radius 3 is 2.52 bits per heavy atom. The molecular formula is C18H16N6O. The third kappa shape index (κ3) is 3.03. The molecule has 0 aliphatic carbocycles. The molecule has 0 spiro atoms. The van der Waals surface area contributed by atoms with E-state index in [1.165, 1.54) is 5.56 Å². The summed E-state index contributed by atoms with van der Waals surface area (Å²) < 4.78 is 7.17. The van der Waals surface area contributed by atoms with Crippen LogP contribution in [-0.2, 0) is 6.54 Å². The lowest BCUT2D eigenvalue weighted by molar-refractivity contribution is 0.432. The molecular weight excluding hydrogens is 316 g/mol. The number of benzene rings is 1. The van der Waals surface area contributed by atoms with Crippen LogP contribution >= 0.6 is 0 Å². The summed E-state index contributed by atoms with van der Waals surface area (Å²) in [5.74, 6) is 0.865. The lowest BCUT2D eigenvalue weighted by Crippen LogP contribution is -2.04. The van der Waals surface area contributed by atoms with Crippen LogP contribution < -0.4 is 0 Å². The van der Waals surface area contributed by atoms with Gasteiger partial charge in [-0.1, -0.05) is 40.2 Å². The van der Waals surface area contributed by atoms with Gasteiger partial charge in [-0.3, -0.25) is 4.98 Å². The van der Waals surface area contributed by atoms with Crippen molar-refractivity contribution in [1.29, 1.82) is 0 Å². The maximum atomic E-state index is 5.33. The summed E-state index contributed by atoms with van der Waals surface area (Å²) in [5.41, 5.74) is 4.73. The van der Waals surface area contributed by atoms with Crippen LogP contribution in [0.4, 0.5) is 0 Å². The number of hydrogen-bond acceptors (Lipinski definition) is 6. The summed E-state index contributed by atoms with van der Waals surface area (Å²) in [7, 11) is 0. The van der Waals surface area contributed by atoms with Gasteiger partial charge in [0.15, 0.2) is 5.69 Å². The maximum Gasteiger partial charge on any atom is 0.258 e. The van der Waals surface area contributed by atoms with Gasteiger partial charge in [0, 0.05) is 18.0 Å². The van der Waals surface area contributed by atoms with E-state index in [-0.39, 0.29) is 0 Å². The molecule has 1 aromatic carbocycles. The second-order valence-electron chi connectivity index (χ2n) is 5.83. The van der Waals surface area contributed by atoms with Gasteiger partial charge >= 0.3 is 0 Å². The first kappa shape index (κ1) is 15.2. The van der Waals surface area contributed by atoms with E-state index in [2.05, 4.69) is 56.6 Å². The Labute approximate surface area is 144 Å². The number of pyridine rings is 1. The molecule has 3 aromatic heterocycles. The van der Waals surface area contributed by atoms with Crippen LogP contribution in [0.25, 0.3) is 23.0 Å². The molecule has 3 heterocycles. The molecule has 4 rings (SSSR count). The minimum atomic E-state index is 0.430. The molecule has 7 nitrogen and oxygen atoms in total. The Hall–Kier alpha value is -3.35. The minimum Gasteiger partial charge on any atom is -0.334 e. The molecule has 0 saturated heterocycles. The molecule has 0 aliphatic heterocycles. The lowest BCUT2D eigenvalue weighted by atomic mass is 10.1. The molecule has 4 aromatic rings. The van der Waals surface area contributed by atoms with Gasteiger partial charge < -0.3 is 4.52 Å². The third-order valence-electron chi connectivity index (χ3n) is 4.00. The molecule has 124 valence electrons. The summed E-state index contributed by atoms with van der Waals surface area (Å²) in [6.45, 7) is 4.67. The molecule has 0 N–H and O–H groups in total. The summed E-state index contributed by atoms with van der Waals surface area (Å²) >= 11 is 0. The van der Waals surface area contributed by atoms with Crippen LogP contribution in [0.1, 0.15) is 16.8 Å².